The van der Waals surface area contributed by atoms with Crippen molar-refractivity contribution in [1.82, 2.24) is 9.97 Å². The van der Waals surface area contributed by atoms with Crippen LogP contribution in [0.5, 0.6) is 5.75 Å². The van der Waals surface area contributed by atoms with Crippen LogP contribution in [0.25, 0.3) is 0 Å². The SMILES string of the molecule is C[C@H](Nc1ncc(F)c(N2C(=O)OCC2[C@@H](C)OC(C)(C)C)n1)C1CCN(c2ccc(Cl)c(OC(F)(F)F)c2)CC1. The molecule has 1 aromatic heterocycles. The molecule has 14 heteroatoms. The summed E-state index contributed by atoms with van der Waals surface area (Å²) in [6, 6.07) is 3.64. The van der Waals surface area contributed by atoms with E-state index in [1.807, 2.05) is 32.6 Å². The highest BCUT2D eigenvalue weighted by Crippen LogP contribution is 2.36. The molecule has 1 amide bonds. The van der Waals surface area contributed by atoms with E-state index >= 15 is 0 Å². The molecule has 1 aromatic carbocycles. The molecular formula is C27H34ClF4N5O4. The number of nitrogens with one attached hydrogen (secondary N) is 1. The van der Waals surface area contributed by atoms with E-state index in [-0.39, 0.29) is 35.4 Å². The van der Waals surface area contributed by atoms with Gasteiger partial charge in [0.25, 0.3) is 0 Å². The topological polar surface area (TPSA) is 89.1 Å². The molecule has 1 N–H and O–H groups in total. The first-order valence-electron chi connectivity index (χ1n) is 13.3. The number of anilines is 3. The third-order valence-electron chi connectivity index (χ3n) is 7.05. The number of aromatic nitrogens is 2. The van der Waals surface area contributed by atoms with Crippen LogP contribution in [0, 0.1) is 11.7 Å². The van der Waals surface area contributed by atoms with Crippen LogP contribution in [-0.2, 0) is 9.47 Å². The van der Waals surface area contributed by atoms with Crippen molar-refractivity contribution in [3.8, 4) is 5.75 Å². The van der Waals surface area contributed by atoms with Crippen LogP contribution in [0.4, 0.5) is 39.8 Å². The predicted molar refractivity (Wildman–Crippen MR) is 146 cm³/mol. The summed E-state index contributed by atoms with van der Waals surface area (Å²) in [6.07, 6.45) is -3.54. The van der Waals surface area contributed by atoms with E-state index < -0.39 is 41.8 Å². The molecule has 0 spiro atoms. The first-order valence-corrected chi connectivity index (χ1v) is 13.7. The van der Waals surface area contributed by atoms with Gasteiger partial charge >= 0.3 is 12.5 Å². The standard InChI is InChI=1S/C27H34ClF4N5O4/c1-15(17-8-10-36(11-9-17)18-6-7-19(28)22(12-18)41-27(30,31)32)34-24-33-13-20(29)23(35-24)37-21(14-39-25(37)38)16(2)40-26(3,4)5/h6-7,12-13,15-17,21H,8-11,14H2,1-5H3,(H,33,34,35)/t15-,16+,21?/m0/s1. The van der Waals surface area contributed by atoms with Gasteiger partial charge in [-0.15, -0.1) is 13.2 Å². The number of benzene rings is 1. The van der Waals surface area contributed by atoms with Crippen LogP contribution >= 0.6 is 11.6 Å². The summed E-state index contributed by atoms with van der Waals surface area (Å²) in [6.45, 7) is 10.6. The smallest absolute Gasteiger partial charge is 0.447 e. The Morgan fingerprint density at radius 2 is 1.85 bits per heavy atom. The average molecular weight is 604 g/mol. The van der Waals surface area contributed by atoms with Gasteiger partial charge in [0.15, 0.2) is 11.6 Å². The number of carbonyl (C=O) groups is 1. The lowest BCUT2D eigenvalue weighted by atomic mass is 9.90. The Bertz CT molecular complexity index is 1240. The molecule has 2 fully saturated rings. The van der Waals surface area contributed by atoms with Gasteiger partial charge < -0.3 is 24.4 Å². The van der Waals surface area contributed by atoms with Crippen molar-refractivity contribution in [2.45, 2.75) is 77.6 Å². The van der Waals surface area contributed by atoms with Crippen molar-refractivity contribution in [1.29, 1.82) is 0 Å². The zero-order valence-corrected chi connectivity index (χ0v) is 24.2. The number of nitrogens with zero attached hydrogens (tertiary/aromatic N) is 4. The molecule has 3 atom stereocenters. The van der Waals surface area contributed by atoms with Crippen LogP contribution in [0.1, 0.15) is 47.5 Å². The van der Waals surface area contributed by atoms with Gasteiger partial charge in [-0.3, -0.25) is 0 Å². The number of rotatable bonds is 8. The second-order valence-electron chi connectivity index (χ2n) is 11.2. The summed E-state index contributed by atoms with van der Waals surface area (Å²) in [7, 11) is 0. The van der Waals surface area contributed by atoms with Crippen LogP contribution in [0.2, 0.25) is 5.02 Å². The summed E-state index contributed by atoms with van der Waals surface area (Å²) in [5, 5.41) is 3.09. The van der Waals surface area contributed by atoms with Gasteiger partial charge in [-0.05, 0) is 65.5 Å². The Morgan fingerprint density at radius 3 is 2.49 bits per heavy atom. The fourth-order valence-electron chi connectivity index (χ4n) is 5.13. The summed E-state index contributed by atoms with van der Waals surface area (Å²) >= 11 is 5.88. The molecule has 0 saturated carbocycles. The number of ether oxygens (including phenoxy) is 3. The van der Waals surface area contributed by atoms with Gasteiger partial charge in [0, 0.05) is 30.9 Å². The number of piperidine rings is 1. The third-order valence-corrected chi connectivity index (χ3v) is 7.36. The Balaban J connectivity index is 1.41. The maximum atomic E-state index is 14.9. The minimum absolute atomic E-state index is 0.0364. The molecule has 2 aromatic rings. The van der Waals surface area contributed by atoms with Crippen LogP contribution in [-0.4, -0.2) is 65.9 Å². The second-order valence-corrected chi connectivity index (χ2v) is 11.6. The molecular weight excluding hydrogens is 570 g/mol. The Kier molecular flexibility index (Phi) is 9.07. The summed E-state index contributed by atoms with van der Waals surface area (Å²) in [5.74, 6) is -1.07. The van der Waals surface area contributed by atoms with Crippen molar-refractivity contribution in [2.24, 2.45) is 5.92 Å². The molecule has 0 aliphatic carbocycles. The van der Waals surface area contributed by atoms with Gasteiger partial charge in [-0.1, -0.05) is 11.6 Å². The number of hydrogen-bond donors (Lipinski definition) is 1. The first-order chi connectivity index (χ1) is 19.1. The predicted octanol–water partition coefficient (Wildman–Crippen LogP) is 6.41. The van der Waals surface area contributed by atoms with Crippen LogP contribution < -0.4 is 19.9 Å². The number of alkyl halides is 3. The van der Waals surface area contributed by atoms with Crippen molar-refractivity contribution < 1.29 is 36.6 Å². The van der Waals surface area contributed by atoms with E-state index in [9.17, 15) is 22.4 Å². The Morgan fingerprint density at radius 1 is 1.17 bits per heavy atom. The highest BCUT2D eigenvalue weighted by Gasteiger charge is 2.42. The zero-order valence-electron chi connectivity index (χ0n) is 23.5. The fourth-order valence-corrected chi connectivity index (χ4v) is 5.28. The van der Waals surface area contributed by atoms with Gasteiger partial charge in [0.2, 0.25) is 5.95 Å². The van der Waals surface area contributed by atoms with E-state index in [0.29, 0.717) is 18.8 Å². The summed E-state index contributed by atoms with van der Waals surface area (Å²) < 4.78 is 68.3. The summed E-state index contributed by atoms with van der Waals surface area (Å²) in [5.41, 5.74) is 0.0988. The number of amides is 1. The molecule has 41 heavy (non-hydrogen) atoms. The number of halogens is 5. The zero-order chi connectivity index (χ0) is 30.1. The fraction of sp³-hybridized carbons (Fsp3) is 0.593. The molecule has 2 saturated heterocycles. The van der Waals surface area contributed by atoms with Crippen molar-refractivity contribution in [2.75, 3.05) is 34.8 Å². The van der Waals surface area contributed by atoms with Crippen molar-refractivity contribution in [3.63, 3.8) is 0 Å². The van der Waals surface area contributed by atoms with E-state index in [4.69, 9.17) is 21.1 Å². The van der Waals surface area contributed by atoms with Crippen LogP contribution in [0.15, 0.2) is 24.4 Å². The summed E-state index contributed by atoms with van der Waals surface area (Å²) in [4.78, 5) is 24.1. The van der Waals surface area contributed by atoms with E-state index in [0.717, 1.165) is 19.0 Å². The largest absolute Gasteiger partial charge is 0.573 e. The van der Waals surface area contributed by atoms with Gasteiger partial charge in [-0.25, -0.2) is 19.1 Å². The van der Waals surface area contributed by atoms with E-state index in [1.54, 1.807) is 13.0 Å². The Labute approximate surface area is 241 Å². The van der Waals surface area contributed by atoms with Crippen molar-refractivity contribution in [3.05, 3.63) is 35.2 Å². The lowest BCUT2D eigenvalue weighted by Gasteiger charge is -2.36. The number of hydrogen-bond acceptors (Lipinski definition) is 8. The van der Waals surface area contributed by atoms with Gasteiger partial charge in [0.05, 0.1) is 22.9 Å². The van der Waals surface area contributed by atoms with Gasteiger partial charge in [-0.2, -0.15) is 4.98 Å². The quantitative estimate of drug-likeness (QED) is 0.346. The molecule has 2 aliphatic heterocycles. The highest BCUT2D eigenvalue weighted by molar-refractivity contribution is 6.32. The van der Waals surface area contributed by atoms with Crippen LogP contribution in [0.3, 0.4) is 0 Å². The third kappa shape index (κ3) is 7.82. The second kappa shape index (κ2) is 12.0. The normalized spacial score (nSPS) is 20.1. The maximum absolute atomic E-state index is 14.9. The Hall–Kier alpha value is -3.06. The minimum Gasteiger partial charge on any atom is -0.447 e. The monoisotopic (exact) mass is 603 g/mol. The molecule has 4 rings (SSSR count). The number of carbonyl (C=O) groups excluding carboxylic acids is 1. The maximum Gasteiger partial charge on any atom is 0.573 e. The number of cyclic esters (lactones) is 1. The van der Waals surface area contributed by atoms with Crippen molar-refractivity contribution >= 4 is 35.1 Å². The average Bonchev–Trinajstić information content (AvgIpc) is 3.26. The molecule has 9 nitrogen and oxygen atoms in total. The lowest BCUT2D eigenvalue weighted by molar-refractivity contribution is -0.274. The minimum atomic E-state index is -4.84. The highest BCUT2D eigenvalue weighted by atomic mass is 35.5. The van der Waals surface area contributed by atoms with E-state index in [1.165, 1.54) is 17.0 Å². The van der Waals surface area contributed by atoms with E-state index in [2.05, 4.69) is 20.0 Å². The molecule has 226 valence electrons. The molecule has 0 radical (unpaired) electrons. The molecule has 3 heterocycles. The molecule has 0 bridgehead atoms. The lowest BCUT2D eigenvalue weighted by Crippen LogP contribution is -2.45. The first kappa shape index (κ1) is 30.9. The molecule has 2 aliphatic rings. The molecule has 1 unspecified atom stereocenters. The van der Waals surface area contributed by atoms with Gasteiger partial charge in [0.1, 0.15) is 18.4 Å².